The number of amides is 2. The van der Waals surface area contributed by atoms with Crippen LogP contribution in [0.3, 0.4) is 0 Å². The summed E-state index contributed by atoms with van der Waals surface area (Å²) in [5.74, 6) is 0.0807. The summed E-state index contributed by atoms with van der Waals surface area (Å²) in [7, 11) is 2.96. The second-order valence-electron chi connectivity index (χ2n) is 6.05. The number of methoxy groups -OCH3 is 2. The molecular formula is C20H24N2O4. The topological polar surface area (TPSA) is 76.7 Å². The summed E-state index contributed by atoms with van der Waals surface area (Å²) in [5, 5.41) is 5.46. The number of rotatable bonds is 6. The Kier molecular flexibility index (Phi) is 6.22. The first-order chi connectivity index (χ1) is 12.4. The first kappa shape index (κ1) is 19.3. The third-order valence-electron chi connectivity index (χ3n) is 4.00. The van der Waals surface area contributed by atoms with E-state index in [1.165, 1.54) is 14.2 Å². The number of nitrogens with one attached hydrogen (secondary N) is 2. The van der Waals surface area contributed by atoms with Crippen molar-refractivity contribution in [3.05, 3.63) is 52.6 Å². The van der Waals surface area contributed by atoms with Gasteiger partial charge in [-0.05, 0) is 44.0 Å². The van der Waals surface area contributed by atoms with Gasteiger partial charge in [0.05, 0.1) is 26.3 Å². The van der Waals surface area contributed by atoms with E-state index in [0.29, 0.717) is 17.1 Å². The fourth-order valence-electron chi connectivity index (χ4n) is 2.88. The molecule has 138 valence electrons. The Morgan fingerprint density at radius 2 is 1.65 bits per heavy atom. The summed E-state index contributed by atoms with van der Waals surface area (Å²) in [5.41, 5.74) is 4.18. The van der Waals surface area contributed by atoms with E-state index in [9.17, 15) is 9.59 Å². The number of para-hydroxylation sites is 1. The molecule has 0 aliphatic rings. The molecule has 2 rings (SSSR count). The second-order valence-corrected chi connectivity index (χ2v) is 6.05. The average Bonchev–Trinajstić information content (AvgIpc) is 2.61. The molecule has 6 heteroatoms. The van der Waals surface area contributed by atoms with Crippen molar-refractivity contribution >= 4 is 17.5 Å². The number of hydrogen-bond donors (Lipinski definition) is 2. The molecule has 2 amide bonds. The highest BCUT2D eigenvalue weighted by molar-refractivity contribution is 6.01. The van der Waals surface area contributed by atoms with Crippen LogP contribution in [0.2, 0.25) is 0 Å². The third-order valence-corrected chi connectivity index (χ3v) is 4.00. The zero-order valence-electron chi connectivity index (χ0n) is 15.7. The number of carbonyl (C=O) groups is 2. The largest absolute Gasteiger partial charge is 0.493 e. The maximum atomic E-state index is 12.4. The first-order valence-electron chi connectivity index (χ1n) is 8.24. The van der Waals surface area contributed by atoms with Crippen molar-refractivity contribution < 1.29 is 19.1 Å². The minimum atomic E-state index is -0.409. The van der Waals surface area contributed by atoms with Gasteiger partial charge in [-0.2, -0.15) is 0 Å². The average molecular weight is 356 g/mol. The maximum Gasteiger partial charge on any atom is 0.255 e. The highest BCUT2D eigenvalue weighted by atomic mass is 16.5. The van der Waals surface area contributed by atoms with Gasteiger partial charge in [0.1, 0.15) is 0 Å². The van der Waals surface area contributed by atoms with E-state index in [4.69, 9.17) is 9.47 Å². The summed E-state index contributed by atoms with van der Waals surface area (Å²) >= 11 is 0. The van der Waals surface area contributed by atoms with Gasteiger partial charge in [0.2, 0.25) is 5.91 Å². The fourth-order valence-corrected chi connectivity index (χ4v) is 2.88. The van der Waals surface area contributed by atoms with Gasteiger partial charge in [0.15, 0.2) is 11.5 Å². The van der Waals surface area contributed by atoms with Crippen LogP contribution >= 0.6 is 0 Å². The number of carbonyl (C=O) groups excluding carboxylic acids is 2. The molecule has 26 heavy (non-hydrogen) atoms. The minimum Gasteiger partial charge on any atom is -0.493 e. The first-order valence-corrected chi connectivity index (χ1v) is 8.24. The highest BCUT2D eigenvalue weighted by Crippen LogP contribution is 2.30. The van der Waals surface area contributed by atoms with E-state index in [1.807, 2.05) is 32.9 Å². The molecule has 0 bridgehead atoms. The van der Waals surface area contributed by atoms with Gasteiger partial charge >= 0.3 is 0 Å². The van der Waals surface area contributed by atoms with Gasteiger partial charge in [0, 0.05) is 5.69 Å². The van der Waals surface area contributed by atoms with Crippen molar-refractivity contribution in [2.24, 2.45) is 0 Å². The Morgan fingerprint density at radius 3 is 2.23 bits per heavy atom. The maximum absolute atomic E-state index is 12.4. The van der Waals surface area contributed by atoms with Crippen molar-refractivity contribution in [3.8, 4) is 11.5 Å². The van der Waals surface area contributed by atoms with Crippen LogP contribution in [0.25, 0.3) is 0 Å². The molecule has 0 spiro atoms. The normalized spacial score (nSPS) is 10.2. The molecular weight excluding hydrogens is 332 g/mol. The van der Waals surface area contributed by atoms with E-state index in [-0.39, 0.29) is 12.5 Å². The van der Waals surface area contributed by atoms with E-state index < -0.39 is 5.91 Å². The monoisotopic (exact) mass is 356 g/mol. The smallest absolute Gasteiger partial charge is 0.255 e. The van der Waals surface area contributed by atoms with Crippen molar-refractivity contribution in [1.82, 2.24) is 5.32 Å². The summed E-state index contributed by atoms with van der Waals surface area (Å²) in [6, 6.07) is 9.01. The van der Waals surface area contributed by atoms with Gasteiger partial charge in [0.25, 0.3) is 5.91 Å². The molecule has 0 aliphatic heterocycles. The van der Waals surface area contributed by atoms with Crippen molar-refractivity contribution in [2.75, 3.05) is 26.1 Å². The molecule has 0 saturated carbocycles. The predicted octanol–water partition coefficient (Wildman–Crippen LogP) is 3.00. The molecule has 0 saturated heterocycles. The standard InChI is InChI=1S/C20H24N2O4/c1-12-9-13(2)18(14(3)10-12)22-17(23)11-21-20(24)15-7-6-8-16(25-4)19(15)26-5/h6-10H,11H2,1-5H3,(H,21,24)(H,22,23). The number of benzene rings is 2. The summed E-state index contributed by atoms with van der Waals surface area (Å²) in [4.78, 5) is 24.6. The van der Waals surface area contributed by atoms with Crippen LogP contribution in [0.5, 0.6) is 11.5 Å². The van der Waals surface area contributed by atoms with Crippen molar-refractivity contribution in [3.63, 3.8) is 0 Å². The lowest BCUT2D eigenvalue weighted by atomic mass is 10.1. The van der Waals surface area contributed by atoms with Gasteiger partial charge in [-0.15, -0.1) is 0 Å². The van der Waals surface area contributed by atoms with E-state index in [0.717, 1.165) is 22.4 Å². The van der Waals surface area contributed by atoms with Crippen LogP contribution in [-0.4, -0.2) is 32.6 Å². The Morgan fingerprint density at radius 1 is 1.00 bits per heavy atom. The van der Waals surface area contributed by atoms with Crippen LogP contribution in [0.15, 0.2) is 30.3 Å². The zero-order valence-corrected chi connectivity index (χ0v) is 15.7. The zero-order chi connectivity index (χ0) is 19.3. The number of hydrogen-bond acceptors (Lipinski definition) is 4. The second kappa shape index (κ2) is 8.38. The Balaban J connectivity index is 2.05. The Bertz CT molecular complexity index is 808. The molecule has 0 aliphatic carbocycles. The quantitative estimate of drug-likeness (QED) is 0.834. The van der Waals surface area contributed by atoms with E-state index >= 15 is 0 Å². The Labute approximate surface area is 153 Å². The van der Waals surface area contributed by atoms with Gasteiger partial charge in [-0.25, -0.2) is 0 Å². The SMILES string of the molecule is COc1cccc(C(=O)NCC(=O)Nc2c(C)cc(C)cc2C)c1OC. The molecule has 0 heterocycles. The van der Waals surface area contributed by atoms with Crippen LogP contribution in [0.4, 0.5) is 5.69 Å². The van der Waals surface area contributed by atoms with E-state index in [1.54, 1.807) is 18.2 Å². The lowest BCUT2D eigenvalue weighted by Gasteiger charge is -2.14. The molecule has 2 N–H and O–H groups in total. The van der Waals surface area contributed by atoms with Gasteiger partial charge in [-0.3, -0.25) is 9.59 Å². The molecule has 0 fully saturated rings. The van der Waals surface area contributed by atoms with Crippen LogP contribution in [0, 0.1) is 20.8 Å². The number of aryl methyl sites for hydroxylation is 3. The molecule has 6 nitrogen and oxygen atoms in total. The van der Waals surface area contributed by atoms with Crippen LogP contribution in [-0.2, 0) is 4.79 Å². The predicted molar refractivity (Wildman–Crippen MR) is 101 cm³/mol. The Hall–Kier alpha value is -3.02. The fraction of sp³-hybridized carbons (Fsp3) is 0.300. The molecule has 0 aromatic heterocycles. The van der Waals surface area contributed by atoms with E-state index in [2.05, 4.69) is 10.6 Å². The van der Waals surface area contributed by atoms with Crippen molar-refractivity contribution in [2.45, 2.75) is 20.8 Å². The summed E-state index contributed by atoms with van der Waals surface area (Å²) in [6.07, 6.45) is 0. The summed E-state index contributed by atoms with van der Waals surface area (Å²) < 4.78 is 10.4. The lowest BCUT2D eigenvalue weighted by molar-refractivity contribution is -0.115. The lowest BCUT2D eigenvalue weighted by Crippen LogP contribution is -2.33. The molecule has 0 atom stereocenters. The van der Waals surface area contributed by atoms with Crippen LogP contribution < -0.4 is 20.1 Å². The van der Waals surface area contributed by atoms with Gasteiger partial charge in [-0.1, -0.05) is 23.8 Å². The molecule has 2 aromatic rings. The number of ether oxygens (including phenoxy) is 2. The van der Waals surface area contributed by atoms with Crippen LogP contribution in [0.1, 0.15) is 27.0 Å². The molecule has 0 unspecified atom stereocenters. The molecule has 0 radical (unpaired) electrons. The van der Waals surface area contributed by atoms with Crippen molar-refractivity contribution in [1.29, 1.82) is 0 Å². The minimum absolute atomic E-state index is 0.147. The highest BCUT2D eigenvalue weighted by Gasteiger charge is 2.17. The summed E-state index contributed by atoms with van der Waals surface area (Å²) in [6.45, 7) is 5.74. The third kappa shape index (κ3) is 4.33. The molecule has 2 aromatic carbocycles. The number of anilines is 1. The van der Waals surface area contributed by atoms with Gasteiger partial charge < -0.3 is 20.1 Å².